The van der Waals surface area contributed by atoms with Gasteiger partial charge in [0.25, 0.3) is 5.91 Å². The molecule has 1 atom stereocenters. The molecule has 1 amide bonds. The molecule has 0 radical (unpaired) electrons. The lowest BCUT2D eigenvalue weighted by molar-refractivity contribution is -0.140. The maximum Gasteiger partial charge on any atom is 0.326 e. The first-order valence-corrected chi connectivity index (χ1v) is 12.5. The Balaban J connectivity index is 0.00000380. The molecule has 0 bridgehead atoms. The Morgan fingerprint density at radius 2 is 1.62 bits per heavy atom. The van der Waals surface area contributed by atoms with Crippen molar-refractivity contribution < 1.29 is 19.1 Å². The van der Waals surface area contributed by atoms with E-state index in [0.29, 0.717) is 27.9 Å². The second-order valence-electron chi connectivity index (χ2n) is 9.33. The average Bonchev–Trinajstić information content (AvgIpc) is 3.25. The van der Waals surface area contributed by atoms with Crippen molar-refractivity contribution in [3.8, 4) is 11.1 Å². The van der Waals surface area contributed by atoms with E-state index in [1.54, 1.807) is 50.2 Å². The average molecular weight is 522 g/mol. The molecule has 0 unspecified atom stereocenters. The molecule has 3 aromatic carbocycles. The number of carbonyl (C=O) groups is 2. The lowest BCUT2D eigenvalue weighted by Gasteiger charge is -2.18. The van der Waals surface area contributed by atoms with Gasteiger partial charge in [-0.1, -0.05) is 70.7 Å². The minimum absolute atomic E-state index is 0. The van der Waals surface area contributed by atoms with Crippen LogP contribution in [0.1, 0.15) is 57.0 Å². The summed E-state index contributed by atoms with van der Waals surface area (Å²) < 4.78 is 16.0. The summed E-state index contributed by atoms with van der Waals surface area (Å²) in [5.41, 5.74) is 4.15. The Kier molecular flexibility index (Phi) is 8.65. The van der Waals surface area contributed by atoms with Gasteiger partial charge in [0, 0.05) is 5.56 Å². The van der Waals surface area contributed by atoms with Crippen LogP contribution in [0.4, 0.5) is 15.2 Å². The highest BCUT2D eigenvalue weighted by Crippen LogP contribution is 2.32. The maximum absolute atomic E-state index is 14.9. The van der Waals surface area contributed by atoms with Gasteiger partial charge in [-0.25, -0.2) is 14.2 Å². The van der Waals surface area contributed by atoms with E-state index in [2.05, 4.69) is 41.6 Å². The van der Waals surface area contributed by atoms with Crippen molar-refractivity contribution in [1.29, 1.82) is 0 Å². The molecule has 0 saturated carbocycles. The normalized spacial score (nSPS) is 11.9. The van der Waals surface area contributed by atoms with Crippen molar-refractivity contribution in [2.75, 3.05) is 5.32 Å². The largest absolute Gasteiger partial charge is 0.480 e. The zero-order valence-electron chi connectivity index (χ0n) is 20.5. The molecular formula is C29H32FN3O3S. The molecule has 4 rings (SSSR count). The van der Waals surface area contributed by atoms with Gasteiger partial charge in [-0.2, -0.15) is 0 Å². The summed E-state index contributed by atoms with van der Waals surface area (Å²) in [7, 11) is 0. The number of carboxylic acid groups (broad SMARTS) is 1. The molecule has 6 nitrogen and oxygen atoms in total. The number of carbonyl (C=O) groups excluding carboxylic acids is 1. The number of hydrogen-bond acceptors (Lipinski definition) is 5. The molecule has 0 aliphatic rings. The highest BCUT2D eigenvalue weighted by Gasteiger charge is 2.24. The Labute approximate surface area is 220 Å². The monoisotopic (exact) mass is 521 g/mol. The molecule has 0 fully saturated rings. The van der Waals surface area contributed by atoms with Crippen molar-refractivity contribution >= 4 is 44.2 Å². The van der Waals surface area contributed by atoms with Gasteiger partial charge in [0.15, 0.2) is 5.13 Å². The summed E-state index contributed by atoms with van der Waals surface area (Å²) in [5.74, 6) is -1.79. The third-order valence-corrected chi connectivity index (χ3v) is 6.92. The third kappa shape index (κ3) is 6.32. The van der Waals surface area contributed by atoms with Crippen LogP contribution in [0.25, 0.3) is 21.3 Å². The number of benzene rings is 3. The first-order valence-electron chi connectivity index (χ1n) is 11.7. The number of nitrogens with zero attached hydrogens (tertiary/aromatic N) is 1. The fourth-order valence-corrected chi connectivity index (χ4v) is 4.74. The van der Waals surface area contributed by atoms with E-state index in [1.807, 2.05) is 6.07 Å². The van der Waals surface area contributed by atoms with Gasteiger partial charge in [-0.3, -0.25) is 4.79 Å². The number of anilines is 2. The molecule has 0 saturated heterocycles. The lowest BCUT2D eigenvalue weighted by Crippen LogP contribution is -2.44. The number of amides is 1. The Bertz CT molecular complexity index is 1410. The van der Waals surface area contributed by atoms with Crippen molar-refractivity contribution in [2.24, 2.45) is 5.92 Å². The number of halogens is 1. The zero-order chi connectivity index (χ0) is 26.0. The fourth-order valence-electron chi connectivity index (χ4n) is 3.82. The standard InChI is InChI=1S/C28H28FN3O3S.CH4/c1-15(2)19-9-12-23-24(14-19)36-28(31-23)30-22-11-10-20(13-21(22)29)17-5-7-18(8-6-17)26(33)32-25(16(3)4)27(34)35;/h5-16,25H,1-4H3,(H,30,31)(H,32,33)(H,34,35);1H4/t25-;/m0./s1. The second kappa shape index (κ2) is 11.5. The van der Waals surface area contributed by atoms with Gasteiger partial charge in [0.05, 0.1) is 15.9 Å². The van der Waals surface area contributed by atoms with Crippen molar-refractivity contribution in [3.05, 3.63) is 77.6 Å². The van der Waals surface area contributed by atoms with Crippen LogP contribution in [0.2, 0.25) is 0 Å². The maximum atomic E-state index is 14.9. The Morgan fingerprint density at radius 3 is 2.22 bits per heavy atom. The molecule has 1 heterocycles. The first kappa shape index (κ1) is 27.8. The first-order chi connectivity index (χ1) is 17.1. The molecule has 37 heavy (non-hydrogen) atoms. The van der Waals surface area contributed by atoms with E-state index in [4.69, 9.17) is 0 Å². The van der Waals surface area contributed by atoms with Crippen molar-refractivity contribution in [3.63, 3.8) is 0 Å². The van der Waals surface area contributed by atoms with Crippen LogP contribution >= 0.6 is 11.3 Å². The van der Waals surface area contributed by atoms with E-state index >= 15 is 0 Å². The zero-order valence-corrected chi connectivity index (χ0v) is 21.3. The van der Waals surface area contributed by atoms with Crippen LogP contribution in [0, 0.1) is 11.7 Å². The van der Waals surface area contributed by atoms with Gasteiger partial charge < -0.3 is 15.7 Å². The summed E-state index contributed by atoms with van der Waals surface area (Å²) in [6.07, 6.45) is 0. The smallest absolute Gasteiger partial charge is 0.326 e. The van der Waals surface area contributed by atoms with Crippen molar-refractivity contribution in [2.45, 2.75) is 47.1 Å². The molecule has 0 aliphatic heterocycles. The summed E-state index contributed by atoms with van der Waals surface area (Å²) >= 11 is 1.48. The van der Waals surface area contributed by atoms with Gasteiger partial charge in [-0.15, -0.1) is 0 Å². The number of fused-ring (bicyclic) bond motifs is 1. The minimum atomic E-state index is -1.08. The van der Waals surface area contributed by atoms with Gasteiger partial charge in [-0.05, 0) is 64.9 Å². The lowest BCUT2D eigenvalue weighted by atomic mass is 10.0. The Hall–Kier alpha value is -3.78. The Morgan fingerprint density at radius 1 is 0.946 bits per heavy atom. The topological polar surface area (TPSA) is 91.3 Å². The molecule has 8 heteroatoms. The van der Waals surface area contributed by atoms with Crippen LogP contribution in [-0.4, -0.2) is 28.0 Å². The van der Waals surface area contributed by atoms with E-state index in [-0.39, 0.29) is 13.3 Å². The summed E-state index contributed by atoms with van der Waals surface area (Å²) in [6, 6.07) is 16.7. The molecule has 0 aliphatic carbocycles. The number of hydrogen-bond donors (Lipinski definition) is 3. The number of aliphatic carboxylic acids is 1. The van der Waals surface area contributed by atoms with Gasteiger partial charge in [0.2, 0.25) is 0 Å². The second-order valence-corrected chi connectivity index (χ2v) is 10.4. The van der Waals surface area contributed by atoms with Crippen LogP contribution < -0.4 is 10.6 Å². The van der Waals surface area contributed by atoms with Crippen LogP contribution in [-0.2, 0) is 4.79 Å². The molecule has 194 valence electrons. The van der Waals surface area contributed by atoms with Gasteiger partial charge >= 0.3 is 5.97 Å². The minimum Gasteiger partial charge on any atom is -0.480 e. The van der Waals surface area contributed by atoms with E-state index in [1.165, 1.54) is 23.0 Å². The fraction of sp³-hybridized carbons (Fsp3) is 0.276. The summed E-state index contributed by atoms with van der Waals surface area (Å²) in [6.45, 7) is 7.74. The van der Waals surface area contributed by atoms with Gasteiger partial charge in [0.1, 0.15) is 11.9 Å². The number of carboxylic acids is 1. The predicted molar refractivity (Wildman–Crippen MR) is 149 cm³/mol. The van der Waals surface area contributed by atoms with Crippen molar-refractivity contribution in [1.82, 2.24) is 10.3 Å². The molecule has 3 N–H and O–H groups in total. The number of thiazole rings is 1. The summed E-state index contributed by atoms with van der Waals surface area (Å²) in [4.78, 5) is 28.4. The molecule has 1 aromatic heterocycles. The summed E-state index contributed by atoms with van der Waals surface area (Å²) in [5, 5.41) is 15.5. The highest BCUT2D eigenvalue weighted by atomic mass is 32.1. The van der Waals surface area contributed by atoms with E-state index in [9.17, 15) is 19.1 Å². The molecule has 4 aromatic rings. The van der Waals surface area contributed by atoms with Crippen LogP contribution in [0.3, 0.4) is 0 Å². The number of aromatic nitrogens is 1. The molecular weight excluding hydrogens is 489 g/mol. The molecule has 0 spiro atoms. The third-order valence-electron chi connectivity index (χ3n) is 5.99. The highest BCUT2D eigenvalue weighted by molar-refractivity contribution is 7.22. The number of rotatable bonds is 8. The van der Waals surface area contributed by atoms with Crippen LogP contribution in [0.5, 0.6) is 0 Å². The van der Waals surface area contributed by atoms with E-state index in [0.717, 1.165) is 15.8 Å². The van der Waals surface area contributed by atoms with Crippen LogP contribution in [0.15, 0.2) is 60.7 Å². The SMILES string of the molecule is C.CC(C)c1ccc2nc(Nc3ccc(-c4ccc(C(=O)N[C@H](C(=O)O)C(C)C)cc4)cc3F)sc2c1. The van der Waals surface area contributed by atoms with E-state index < -0.39 is 23.7 Å². The number of nitrogens with one attached hydrogen (secondary N) is 2. The predicted octanol–water partition coefficient (Wildman–Crippen LogP) is 7.44. The quantitative estimate of drug-likeness (QED) is 0.224.